The summed E-state index contributed by atoms with van der Waals surface area (Å²) in [7, 11) is -0.711. The Bertz CT molecular complexity index is 793. The molecule has 0 spiro atoms. The number of fused-ring (bicyclic) bond motifs is 1. The van der Waals surface area contributed by atoms with Crippen LogP contribution in [0, 0.1) is 0 Å². The van der Waals surface area contributed by atoms with E-state index in [0.717, 1.165) is 0 Å². The highest BCUT2D eigenvalue weighted by Gasteiger charge is 2.43. The first-order valence-electron chi connectivity index (χ1n) is 10.6. The summed E-state index contributed by atoms with van der Waals surface area (Å²) in [5.74, 6) is 0. The van der Waals surface area contributed by atoms with Crippen molar-refractivity contribution in [3.05, 3.63) is 36.4 Å². The normalized spacial score (nSPS) is 14.4. The Hall–Kier alpha value is -0.440. The molecular formula is C26H42P2. The molecule has 0 heterocycles. The zero-order chi connectivity index (χ0) is 21.7. The van der Waals surface area contributed by atoms with Crippen LogP contribution in [0.3, 0.4) is 0 Å². The number of rotatable bonds is 2. The summed E-state index contributed by atoms with van der Waals surface area (Å²) in [6.07, 6.45) is 0. The van der Waals surface area contributed by atoms with Gasteiger partial charge in [-0.15, -0.1) is 0 Å². The molecule has 0 saturated carbocycles. The maximum Gasteiger partial charge on any atom is -0.00750 e. The Balaban J connectivity index is 3.02. The molecule has 0 unspecified atom stereocenters. The Morgan fingerprint density at radius 1 is 0.500 bits per heavy atom. The highest BCUT2D eigenvalue weighted by Crippen LogP contribution is 2.63. The van der Waals surface area contributed by atoms with Crippen molar-refractivity contribution in [2.75, 3.05) is 0 Å². The van der Waals surface area contributed by atoms with Gasteiger partial charge < -0.3 is 0 Å². The third-order valence-electron chi connectivity index (χ3n) is 5.03. The van der Waals surface area contributed by atoms with Crippen LogP contribution in [0.15, 0.2) is 36.4 Å². The molecule has 2 heteroatoms. The van der Waals surface area contributed by atoms with Crippen LogP contribution < -0.4 is 10.6 Å². The van der Waals surface area contributed by atoms with Gasteiger partial charge in [0.05, 0.1) is 0 Å². The van der Waals surface area contributed by atoms with E-state index in [4.69, 9.17) is 0 Å². The summed E-state index contributed by atoms with van der Waals surface area (Å²) in [5, 5.41) is 7.22. The maximum atomic E-state index is 2.49. The van der Waals surface area contributed by atoms with Gasteiger partial charge >= 0.3 is 0 Å². The van der Waals surface area contributed by atoms with Crippen molar-refractivity contribution in [2.24, 2.45) is 0 Å². The van der Waals surface area contributed by atoms with Gasteiger partial charge in [0.1, 0.15) is 0 Å². The second-order valence-electron chi connectivity index (χ2n) is 12.0. The first-order chi connectivity index (χ1) is 12.5. The highest BCUT2D eigenvalue weighted by molar-refractivity contribution is 7.75. The molecule has 0 aliphatic heterocycles. The summed E-state index contributed by atoms with van der Waals surface area (Å²) in [4.78, 5) is 0. The Kier molecular flexibility index (Phi) is 6.53. The topological polar surface area (TPSA) is 0 Å². The molecule has 0 aromatic heterocycles. The van der Waals surface area contributed by atoms with E-state index in [2.05, 4.69) is 119 Å². The van der Waals surface area contributed by atoms with Crippen molar-refractivity contribution in [3.63, 3.8) is 0 Å². The lowest BCUT2D eigenvalue weighted by Crippen LogP contribution is -2.42. The van der Waals surface area contributed by atoms with E-state index in [0.29, 0.717) is 0 Å². The predicted molar refractivity (Wildman–Crippen MR) is 136 cm³/mol. The molecule has 156 valence electrons. The number of hydrogen-bond acceptors (Lipinski definition) is 0. The molecule has 0 atom stereocenters. The van der Waals surface area contributed by atoms with Crippen molar-refractivity contribution in [1.82, 2.24) is 0 Å². The first kappa shape index (κ1) is 23.8. The summed E-state index contributed by atoms with van der Waals surface area (Å²) in [5.41, 5.74) is 0. The molecule has 0 N–H and O–H groups in total. The van der Waals surface area contributed by atoms with Crippen molar-refractivity contribution in [3.8, 4) is 0 Å². The van der Waals surface area contributed by atoms with Crippen LogP contribution in [0.25, 0.3) is 10.8 Å². The Morgan fingerprint density at radius 2 is 0.929 bits per heavy atom. The minimum Gasteiger partial charge on any atom is -0.0636 e. The summed E-state index contributed by atoms with van der Waals surface area (Å²) in [6.45, 7) is 29.4. The molecule has 2 aromatic carbocycles. The molecule has 0 aliphatic rings. The molecular weight excluding hydrogens is 374 g/mol. The largest absolute Gasteiger partial charge is 0.0636 e. The van der Waals surface area contributed by atoms with Crippen LogP contribution in [0.2, 0.25) is 0 Å². The molecule has 0 bridgehead atoms. The molecule has 2 rings (SSSR count). The lowest BCUT2D eigenvalue weighted by Gasteiger charge is -2.48. The van der Waals surface area contributed by atoms with Crippen LogP contribution >= 0.6 is 15.8 Å². The van der Waals surface area contributed by atoms with Crippen molar-refractivity contribution >= 4 is 37.2 Å². The van der Waals surface area contributed by atoms with E-state index in [9.17, 15) is 0 Å². The molecule has 0 nitrogen and oxygen atoms in total. The summed E-state index contributed by atoms with van der Waals surface area (Å²) in [6, 6.07) is 13.9. The van der Waals surface area contributed by atoms with E-state index in [1.165, 1.54) is 10.8 Å². The molecule has 28 heavy (non-hydrogen) atoms. The van der Waals surface area contributed by atoms with E-state index < -0.39 is 0 Å². The Labute approximate surface area is 177 Å². The third kappa shape index (κ3) is 4.99. The van der Waals surface area contributed by atoms with Gasteiger partial charge in [-0.1, -0.05) is 135 Å². The van der Waals surface area contributed by atoms with Crippen molar-refractivity contribution in [2.45, 2.75) is 104 Å². The zero-order valence-electron chi connectivity index (χ0n) is 20.4. The zero-order valence-corrected chi connectivity index (χ0v) is 22.1. The van der Waals surface area contributed by atoms with E-state index in [1.54, 1.807) is 10.6 Å². The monoisotopic (exact) mass is 416 g/mol. The highest BCUT2D eigenvalue weighted by atomic mass is 31.1. The quantitative estimate of drug-likeness (QED) is 0.432. The van der Waals surface area contributed by atoms with Crippen LogP contribution in [0.1, 0.15) is 83.1 Å². The molecule has 0 amide bonds. The van der Waals surface area contributed by atoms with Crippen molar-refractivity contribution < 1.29 is 0 Å². The van der Waals surface area contributed by atoms with Gasteiger partial charge in [-0.05, 0) is 42.0 Å². The fourth-order valence-corrected chi connectivity index (χ4v) is 13.8. The second-order valence-corrected chi connectivity index (χ2v) is 19.6. The molecule has 0 saturated heterocycles. The maximum absolute atomic E-state index is 2.49. The van der Waals surface area contributed by atoms with Crippen molar-refractivity contribution in [1.29, 1.82) is 0 Å². The average Bonchev–Trinajstić information content (AvgIpc) is 2.43. The fraction of sp³-hybridized carbons (Fsp3) is 0.615. The van der Waals surface area contributed by atoms with Gasteiger partial charge in [-0.2, -0.15) is 0 Å². The average molecular weight is 417 g/mol. The van der Waals surface area contributed by atoms with Gasteiger partial charge in [0.2, 0.25) is 0 Å². The smallest absolute Gasteiger partial charge is 0.00750 e. The van der Waals surface area contributed by atoms with Gasteiger partial charge in [-0.3, -0.25) is 0 Å². The van der Waals surface area contributed by atoms with Gasteiger partial charge in [0.15, 0.2) is 0 Å². The third-order valence-corrected chi connectivity index (χ3v) is 12.4. The van der Waals surface area contributed by atoms with E-state index >= 15 is 0 Å². The molecule has 0 aliphatic carbocycles. The standard InChI is InChI=1S/C26H42P2/c1-23(2,3)27(24(4,5)6)21-18-17-19-15-13-14-16-20(19)22(21)28(25(7,8)9)26(10,11)12/h13-18H,1-12H3. The first-order valence-corrected chi connectivity index (χ1v) is 13.3. The summed E-state index contributed by atoms with van der Waals surface area (Å²) < 4.78 is 0. The van der Waals surface area contributed by atoms with E-state index in [1.807, 2.05) is 0 Å². The summed E-state index contributed by atoms with van der Waals surface area (Å²) >= 11 is 0. The van der Waals surface area contributed by atoms with Gasteiger partial charge in [-0.25, -0.2) is 0 Å². The van der Waals surface area contributed by atoms with Gasteiger partial charge in [0, 0.05) is 0 Å². The Morgan fingerprint density at radius 3 is 1.36 bits per heavy atom. The van der Waals surface area contributed by atoms with E-state index in [-0.39, 0.29) is 36.5 Å². The lowest BCUT2D eigenvalue weighted by molar-refractivity contribution is 0.712. The predicted octanol–water partition coefficient (Wildman–Crippen LogP) is 8.25. The van der Waals surface area contributed by atoms with Crippen LogP contribution in [-0.2, 0) is 0 Å². The fourth-order valence-electron chi connectivity index (χ4n) is 5.07. The van der Waals surface area contributed by atoms with Gasteiger partial charge in [0.25, 0.3) is 0 Å². The molecule has 2 aromatic rings. The number of hydrogen-bond donors (Lipinski definition) is 0. The SMILES string of the molecule is CC(C)(C)P(c1ccc2ccccc2c1P(C(C)(C)C)C(C)(C)C)C(C)(C)C. The number of benzene rings is 2. The molecule has 0 radical (unpaired) electrons. The minimum atomic E-state index is -0.369. The molecule has 0 fully saturated rings. The second kappa shape index (κ2) is 7.67. The van der Waals surface area contributed by atoms with Crippen LogP contribution in [0.5, 0.6) is 0 Å². The van der Waals surface area contributed by atoms with Crippen LogP contribution in [-0.4, -0.2) is 20.6 Å². The minimum absolute atomic E-state index is 0.253. The lowest BCUT2D eigenvalue weighted by atomic mass is 10.1. The van der Waals surface area contributed by atoms with Crippen LogP contribution in [0.4, 0.5) is 0 Å².